The molecule has 28 heavy (non-hydrogen) atoms. The molecular weight excluding hydrogens is 357 g/mol. The largest absolute Gasteiger partial charge is 0.338 e. The number of carbonyl (C=O) groups excluding carboxylic acids is 1. The fourth-order valence-corrected chi connectivity index (χ4v) is 3.12. The Bertz CT molecular complexity index is 1140. The van der Waals surface area contributed by atoms with E-state index in [0.29, 0.717) is 5.78 Å². The lowest BCUT2D eigenvalue weighted by atomic mass is 9.98. The highest BCUT2D eigenvalue weighted by molar-refractivity contribution is 5.91. The Labute approximate surface area is 161 Å². The van der Waals surface area contributed by atoms with E-state index in [2.05, 4.69) is 20.4 Å². The Morgan fingerprint density at radius 1 is 1.00 bits per heavy atom. The van der Waals surface area contributed by atoms with Gasteiger partial charge >= 0.3 is 0 Å². The Hall–Kier alpha value is -3.61. The van der Waals surface area contributed by atoms with Gasteiger partial charge in [0.1, 0.15) is 5.82 Å². The maximum Gasteiger partial charge on any atom is 0.291 e. The van der Waals surface area contributed by atoms with Crippen molar-refractivity contribution in [3.05, 3.63) is 94.8 Å². The second-order valence-corrected chi connectivity index (χ2v) is 6.55. The van der Waals surface area contributed by atoms with Gasteiger partial charge in [-0.3, -0.25) is 4.79 Å². The number of hydrogen-bond acceptors (Lipinski definition) is 4. The van der Waals surface area contributed by atoms with Crippen molar-refractivity contribution in [1.29, 1.82) is 0 Å². The molecule has 0 aliphatic carbocycles. The van der Waals surface area contributed by atoms with E-state index in [1.807, 2.05) is 50.2 Å². The number of hydrogen-bond donors (Lipinski definition) is 1. The first-order valence-corrected chi connectivity index (χ1v) is 8.83. The van der Waals surface area contributed by atoms with Crippen LogP contribution in [0.3, 0.4) is 0 Å². The predicted octanol–water partition coefficient (Wildman–Crippen LogP) is 3.40. The van der Waals surface area contributed by atoms with Gasteiger partial charge in [0.2, 0.25) is 5.82 Å². The molecule has 1 atom stereocenters. The topological polar surface area (TPSA) is 72.2 Å². The summed E-state index contributed by atoms with van der Waals surface area (Å²) in [4.78, 5) is 21.5. The number of nitrogens with zero attached hydrogens (tertiary/aromatic N) is 4. The van der Waals surface area contributed by atoms with Crippen molar-refractivity contribution in [3.8, 4) is 0 Å². The Morgan fingerprint density at radius 3 is 2.39 bits per heavy atom. The zero-order chi connectivity index (χ0) is 19.7. The molecule has 0 spiro atoms. The smallest absolute Gasteiger partial charge is 0.291 e. The van der Waals surface area contributed by atoms with Gasteiger partial charge in [-0.05, 0) is 43.2 Å². The minimum absolute atomic E-state index is 0.0317. The zero-order valence-corrected chi connectivity index (χ0v) is 15.4. The molecule has 4 aromatic rings. The molecule has 7 heteroatoms. The number of nitrogens with one attached hydrogen (secondary N) is 1. The standard InChI is InChI=1S/C21H18FN5O/c1-13-12-14(2)27-21(23-13)25-19(26-27)20(28)24-18(15-6-4-3-5-7-15)16-8-10-17(22)11-9-16/h3-12,18H,1-2H3,(H,24,28). The van der Waals surface area contributed by atoms with E-state index >= 15 is 0 Å². The first-order valence-electron chi connectivity index (χ1n) is 8.83. The summed E-state index contributed by atoms with van der Waals surface area (Å²) in [5.74, 6) is -0.355. The minimum Gasteiger partial charge on any atom is -0.338 e. The van der Waals surface area contributed by atoms with Gasteiger partial charge in [0, 0.05) is 11.4 Å². The van der Waals surface area contributed by atoms with Crippen LogP contribution in [0.1, 0.15) is 39.2 Å². The van der Waals surface area contributed by atoms with Gasteiger partial charge in [0.25, 0.3) is 11.7 Å². The fraction of sp³-hybridized carbons (Fsp3) is 0.143. The van der Waals surface area contributed by atoms with Crippen LogP contribution in [0.5, 0.6) is 0 Å². The van der Waals surface area contributed by atoms with E-state index in [1.165, 1.54) is 16.6 Å². The summed E-state index contributed by atoms with van der Waals surface area (Å²) in [6, 6.07) is 16.9. The minimum atomic E-state index is -0.461. The van der Waals surface area contributed by atoms with Crippen molar-refractivity contribution in [2.45, 2.75) is 19.9 Å². The number of halogens is 1. The van der Waals surface area contributed by atoms with Gasteiger partial charge in [0.05, 0.1) is 6.04 Å². The van der Waals surface area contributed by atoms with Crippen LogP contribution in [0.2, 0.25) is 0 Å². The Morgan fingerprint density at radius 2 is 1.68 bits per heavy atom. The van der Waals surface area contributed by atoms with Gasteiger partial charge in [-0.1, -0.05) is 42.5 Å². The molecule has 4 rings (SSSR count). The van der Waals surface area contributed by atoms with E-state index in [1.54, 1.807) is 12.1 Å². The molecule has 0 radical (unpaired) electrons. The predicted molar refractivity (Wildman–Crippen MR) is 102 cm³/mol. The van der Waals surface area contributed by atoms with Crippen LogP contribution in [0.25, 0.3) is 5.78 Å². The third-order valence-electron chi connectivity index (χ3n) is 4.43. The maximum atomic E-state index is 13.4. The quantitative estimate of drug-likeness (QED) is 0.593. The van der Waals surface area contributed by atoms with Crippen LogP contribution in [-0.4, -0.2) is 25.5 Å². The van der Waals surface area contributed by atoms with E-state index in [9.17, 15) is 9.18 Å². The first-order chi connectivity index (χ1) is 13.5. The molecule has 140 valence electrons. The second-order valence-electron chi connectivity index (χ2n) is 6.55. The molecule has 0 fully saturated rings. The number of benzene rings is 2. The molecule has 0 aliphatic rings. The average Bonchev–Trinajstić information content (AvgIpc) is 3.12. The third kappa shape index (κ3) is 3.46. The van der Waals surface area contributed by atoms with E-state index in [-0.39, 0.29) is 11.6 Å². The van der Waals surface area contributed by atoms with Crippen LogP contribution in [0.15, 0.2) is 60.7 Å². The molecule has 1 unspecified atom stereocenters. The lowest BCUT2D eigenvalue weighted by Gasteiger charge is -2.19. The monoisotopic (exact) mass is 375 g/mol. The van der Waals surface area contributed by atoms with Crippen molar-refractivity contribution in [2.24, 2.45) is 0 Å². The molecule has 0 bridgehead atoms. The summed E-state index contributed by atoms with van der Waals surface area (Å²) in [7, 11) is 0. The highest BCUT2D eigenvalue weighted by Crippen LogP contribution is 2.22. The highest BCUT2D eigenvalue weighted by atomic mass is 19.1. The molecule has 0 saturated carbocycles. The molecule has 6 nitrogen and oxygen atoms in total. The lowest BCUT2D eigenvalue weighted by Crippen LogP contribution is -2.30. The summed E-state index contributed by atoms with van der Waals surface area (Å²) < 4.78 is 14.9. The highest BCUT2D eigenvalue weighted by Gasteiger charge is 2.21. The Balaban J connectivity index is 1.69. The summed E-state index contributed by atoms with van der Waals surface area (Å²) in [6.07, 6.45) is 0. The van der Waals surface area contributed by atoms with Crippen molar-refractivity contribution in [3.63, 3.8) is 0 Å². The number of amides is 1. The van der Waals surface area contributed by atoms with Crippen LogP contribution in [0, 0.1) is 19.7 Å². The van der Waals surface area contributed by atoms with Crippen molar-refractivity contribution >= 4 is 11.7 Å². The summed E-state index contributed by atoms with van der Waals surface area (Å²) >= 11 is 0. The van der Waals surface area contributed by atoms with E-state index in [0.717, 1.165) is 22.5 Å². The van der Waals surface area contributed by atoms with Gasteiger partial charge in [-0.15, -0.1) is 5.10 Å². The molecule has 2 heterocycles. The van der Waals surface area contributed by atoms with Gasteiger partial charge in [0.15, 0.2) is 0 Å². The molecule has 2 aromatic heterocycles. The van der Waals surface area contributed by atoms with Gasteiger partial charge in [-0.25, -0.2) is 13.9 Å². The summed E-state index contributed by atoms with van der Waals surface area (Å²) in [5, 5.41) is 7.23. The third-order valence-corrected chi connectivity index (χ3v) is 4.43. The van der Waals surface area contributed by atoms with Crippen LogP contribution < -0.4 is 5.32 Å². The number of fused-ring (bicyclic) bond motifs is 1. The normalized spacial score (nSPS) is 12.1. The molecule has 1 amide bonds. The van der Waals surface area contributed by atoms with Crippen molar-refractivity contribution < 1.29 is 9.18 Å². The summed E-state index contributed by atoms with van der Waals surface area (Å²) in [6.45, 7) is 3.74. The number of aromatic nitrogens is 4. The van der Waals surface area contributed by atoms with Crippen molar-refractivity contribution in [1.82, 2.24) is 24.9 Å². The van der Waals surface area contributed by atoms with Crippen LogP contribution in [0.4, 0.5) is 4.39 Å². The average molecular weight is 375 g/mol. The number of carbonyl (C=O) groups is 1. The fourth-order valence-electron chi connectivity index (χ4n) is 3.12. The van der Waals surface area contributed by atoms with E-state index in [4.69, 9.17) is 0 Å². The second kappa shape index (κ2) is 7.19. The van der Waals surface area contributed by atoms with Gasteiger partial charge in [-0.2, -0.15) is 4.98 Å². The van der Waals surface area contributed by atoms with Crippen LogP contribution in [-0.2, 0) is 0 Å². The number of rotatable bonds is 4. The SMILES string of the molecule is Cc1cc(C)n2nc(C(=O)NC(c3ccccc3)c3ccc(F)cc3)nc2n1. The van der Waals surface area contributed by atoms with Gasteiger partial charge < -0.3 is 5.32 Å². The summed E-state index contributed by atoms with van der Waals surface area (Å²) in [5.41, 5.74) is 3.27. The molecule has 0 aliphatic heterocycles. The first kappa shape index (κ1) is 17.8. The zero-order valence-electron chi connectivity index (χ0n) is 15.4. The molecule has 0 saturated heterocycles. The number of aryl methyl sites for hydroxylation is 2. The maximum absolute atomic E-state index is 13.4. The van der Waals surface area contributed by atoms with Crippen LogP contribution >= 0.6 is 0 Å². The molecule has 2 aromatic carbocycles. The molecule has 1 N–H and O–H groups in total. The molecular formula is C21H18FN5O. The lowest BCUT2D eigenvalue weighted by molar-refractivity contribution is 0.0932. The van der Waals surface area contributed by atoms with E-state index < -0.39 is 11.9 Å². The Kier molecular flexibility index (Phi) is 4.57. The van der Waals surface area contributed by atoms with Crippen molar-refractivity contribution in [2.75, 3.05) is 0 Å².